The van der Waals surface area contributed by atoms with Crippen molar-refractivity contribution in [1.29, 1.82) is 0 Å². The monoisotopic (exact) mass is 341 g/mol. The molecule has 1 heterocycles. The van der Waals surface area contributed by atoms with E-state index in [1.807, 2.05) is 31.2 Å². The average Bonchev–Trinajstić information content (AvgIpc) is 2.59. The van der Waals surface area contributed by atoms with Crippen molar-refractivity contribution in [3.05, 3.63) is 63.6 Å². The van der Waals surface area contributed by atoms with E-state index in [1.54, 1.807) is 26.0 Å². The SMILES string of the molecule is CCC(=O)Nc1ccc(C)n(CC(=O)NCc2cccc(C)c2)c1=O. The Morgan fingerprint density at radius 2 is 1.84 bits per heavy atom. The van der Waals surface area contributed by atoms with Gasteiger partial charge in [0.25, 0.3) is 5.56 Å². The zero-order chi connectivity index (χ0) is 18.4. The first-order valence-electron chi connectivity index (χ1n) is 8.23. The van der Waals surface area contributed by atoms with Crippen LogP contribution >= 0.6 is 0 Å². The molecule has 0 saturated carbocycles. The van der Waals surface area contributed by atoms with Gasteiger partial charge in [-0.05, 0) is 31.5 Å². The number of amides is 2. The number of carbonyl (C=O) groups excluding carboxylic acids is 2. The van der Waals surface area contributed by atoms with Gasteiger partial charge in [-0.15, -0.1) is 0 Å². The minimum atomic E-state index is -0.382. The van der Waals surface area contributed by atoms with Crippen LogP contribution in [0.25, 0.3) is 0 Å². The van der Waals surface area contributed by atoms with Crippen LogP contribution in [0, 0.1) is 13.8 Å². The van der Waals surface area contributed by atoms with Crippen LogP contribution in [0.1, 0.15) is 30.2 Å². The molecule has 132 valence electrons. The smallest absolute Gasteiger partial charge is 0.274 e. The second kappa shape index (κ2) is 8.28. The maximum atomic E-state index is 12.5. The number of aromatic nitrogens is 1. The van der Waals surface area contributed by atoms with Crippen molar-refractivity contribution in [2.75, 3.05) is 5.32 Å². The lowest BCUT2D eigenvalue weighted by atomic mass is 10.1. The predicted molar refractivity (Wildman–Crippen MR) is 97.4 cm³/mol. The van der Waals surface area contributed by atoms with Gasteiger partial charge in [-0.1, -0.05) is 36.8 Å². The highest BCUT2D eigenvalue weighted by Gasteiger charge is 2.11. The van der Waals surface area contributed by atoms with Gasteiger partial charge in [0, 0.05) is 18.7 Å². The molecule has 25 heavy (non-hydrogen) atoms. The fourth-order valence-electron chi connectivity index (χ4n) is 2.42. The van der Waals surface area contributed by atoms with E-state index in [4.69, 9.17) is 0 Å². The fraction of sp³-hybridized carbons (Fsp3) is 0.316. The van der Waals surface area contributed by atoms with E-state index in [1.165, 1.54) is 4.57 Å². The van der Waals surface area contributed by atoms with Gasteiger partial charge in [-0.25, -0.2) is 0 Å². The standard InChI is InChI=1S/C19H23N3O3/c1-4-17(23)21-16-9-8-14(3)22(19(16)25)12-18(24)20-11-15-7-5-6-13(2)10-15/h5-10H,4,11-12H2,1-3H3,(H,20,24)(H,21,23). The summed E-state index contributed by atoms with van der Waals surface area (Å²) in [5.41, 5.74) is 2.58. The maximum Gasteiger partial charge on any atom is 0.274 e. The first-order valence-corrected chi connectivity index (χ1v) is 8.23. The van der Waals surface area contributed by atoms with E-state index in [0.29, 0.717) is 12.2 Å². The largest absolute Gasteiger partial charge is 0.350 e. The summed E-state index contributed by atoms with van der Waals surface area (Å²) in [6.45, 7) is 5.76. The molecule has 0 aliphatic carbocycles. The van der Waals surface area contributed by atoms with Crippen LogP contribution in [0.4, 0.5) is 5.69 Å². The Kier molecular flexibility index (Phi) is 6.11. The van der Waals surface area contributed by atoms with Crippen LogP contribution in [0.5, 0.6) is 0 Å². The Hall–Kier alpha value is -2.89. The van der Waals surface area contributed by atoms with Crippen LogP contribution < -0.4 is 16.2 Å². The summed E-state index contributed by atoms with van der Waals surface area (Å²) in [4.78, 5) is 36.2. The molecule has 2 N–H and O–H groups in total. The summed E-state index contributed by atoms with van der Waals surface area (Å²) in [5, 5.41) is 5.38. The third-order valence-electron chi connectivity index (χ3n) is 3.86. The molecule has 0 aliphatic heterocycles. The number of nitrogens with one attached hydrogen (secondary N) is 2. The van der Waals surface area contributed by atoms with Gasteiger partial charge in [0.1, 0.15) is 12.2 Å². The van der Waals surface area contributed by atoms with Crippen molar-refractivity contribution >= 4 is 17.5 Å². The molecular formula is C19H23N3O3. The molecule has 0 atom stereocenters. The zero-order valence-corrected chi connectivity index (χ0v) is 14.8. The number of benzene rings is 1. The molecule has 0 radical (unpaired) electrons. The Balaban J connectivity index is 2.08. The molecule has 2 rings (SSSR count). The number of carbonyl (C=O) groups is 2. The number of rotatable bonds is 6. The number of nitrogens with zero attached hydrogens (tertiary/aromatic N) is 1. The van der Waals surface area contributed by atoms with Crippen molar-refractivity contribution in [1.82, 2.24) is 9.88 Å². The van der Waals surface area contributed by atoms with Crippen molar-refractivity contribution in [3.63, 3.8) is 0 Å². The molecule has 0 fully saturated rings. The second-order valence-electron chi connectivity index (χ2n) is 5.95. The number of pyridine rings is 1. The molecule has 2 amide bonds. The molecule has 1 aromatic carbocycles. The normalized spacial score (nSPS) is 10.4. The van der Waals surface area contributed by atoms with Crippen molar-refractivity contribution in [2.24, 2.45) is 0 Å². The van der Waals surface area contributed by atoms with Gasteiger partial charge in [0.2, 0.25) is 11.8 Å². The predicted octanol–water partition coefficient (Wildman–Crippen LogP) is 2.13. The van der Waals surface area contributed by atoms with Crippen molar-refractivity contribution in [2.45, 2.75) is 40.3 Å². The molecule has 0 saturated heterocycles. The number of anilines is 1. The summed E-state index contributed by atoms with van der Waals surface area (Å²) in [7, 11) is 0. The van der Waals surface area contributed by atoms with Gasteiger partial charge >= 0.3 is 0 Å². The van der Waals surface area contributed by atoms with Crippen LogP contribution in [0.15, 0.2) is 41.2 Å². The Bertz CT molecular complexity index is 840. The molecule has 6 nitrogen and oxygen atoms in total. The maximum absolute atomic E-state index is 12.5. The topological polar surface area (TPSA) is 80.2 Å². The van der Waals surface area contributed by atoms with Crippen LogP contribution in [-0.4, -0.2) is 16.4 Å². The Morgan fingerprint density at radius 1 is 1.08 bits per heavy atom. The molecule has 0 bridgehead atoms. The highest BCUT2D eigenvalue weighted by molar-refractivity contribution is 5.90. The number of hydrogen-bond donors (Lipinski definition) is 2. The molecule has 2 aromatic rings. The van der Waals surface area contributed by atoms with E-state index < -0.39 is 0 Å². The van der Waals surface area contributed by atoms with Crippen molar-refractivity contribution < 1.29 is 9.59 Å². The Morgan fingerprint density at radius 3 is 2.52 bits per heavy atom. The highest BCUT2D eigenvalue weighted by Crippen LogP contribution is 2.05. The van der Waals surface area contributed by atoms with E-state index in [-0.39, 0.29) is 36.0 Å². The van der Waals surface area contributed by atoms with Gasteiger partial charge in [0.05, 0.1) is 0 Å². The van der Waals surface area contributed by atoms with E-state index in [9.17, 15) is 14.4 Å². The molecule has 0 spiro atoms. The molecule has 6 heteroatoms. The quantitative estimate of drug-likeness (QED) is 0.845. The second-order valence-corrected chi connectivity index (χ2v) is 5.95. The summed E-state index contributed by atoms with van der Waals surface area (Å²) in [6.07, 6.45) is 0.282. The van der Waals surface area contributed by atoms with Gasteiger partial charge in [0.15, 0.2) is 0 Å². The minimum absolute atomic E-state index is 0.0910. The highest BCUT2D eigenvalue weighted by atomic mass is 16.2. The number of hydrogen-bond acceptors (Lipinski definition) is 3. The lowest BCUT2D eigenvalue weighted by Gasteiger charge is -2.13. The first-order chi connectivity index (χ1) is 11.9. The third-order valence-corrected chi connectivity index (χ3v) is 3.86. The van der Waals surface area contributed by atoms with Crippen molar-refractivity contribution in [3.8, 4) is 0 Å². The van der Waals surface area contributed by atoms with Crippen LogP contribution in [0.3, 0.4) is 0 Å². The van der Waals surface area contributed by atoms with Crippen LogP contribution in [-0.2, 0) is 22.7 Å². The van der Waals surface area contributed by atoms with E-state index in [0.717, 1.165) is 11.1 Å². The lowest BCUT2D eigenvalue weighted by molar-refractivity contribution is -0.122. The first kappa shape index (κ1) is 18.4. The van der Waals surface area contributed by atoms with E-state index >= 15 is 0 Å². The van der Waals surface area contributed by atoms with Crippen LogP contribution in [0.2, 0.25) is 0 Å². The minimum Gasteiger partial charge on any atom is -0.350 e. The fourth-order valence-corrected chi connectivity index (χ4v) is 2.42. The van der Waals surface area contributed by atoms with Gasteiger partial charge in [-0.2, -0.15) is 0 Å². The molecule has 0 unspecified atom stereocenters. The average molecular weight is 341 g/mol. The van der Waals surface area contributed by atoms with Gasteiger partial charge < -0.3 is 15.2 Å². The number of aryl methyl sites for hydroxylation is 2. The summed E-state index contributed by atoms with van der Waals surface area (Å²) >= 11 is 0. The summed E-state index contributed by atoms with van der Waals surface area (Å²) in [6, 6.07) is 11.1. The van der Waals surface area contributed by atoms with E-state index in [2.05, 4.69) is 10.6 Å². The van der Waals surface area contributed by atoms with Gasteiger partial charge in [-0.3, -0.25) is 14.4 Å². The Labute approximate surface area is 146 Å². The lowest BCUT2D eigenvalue weighted by Crippen LogP contribution is -2.34. The summed E-state index contributed by atoms with van der Waals surface area (Å²) < 4.78 is 1.36. The third kappa shape index (κ3) is 5.04. The molecule has 0 aliphatic rings. The molecule has 1 aromatic heterocycles. The zero-order valence-electron chi connectivity index (χ0n) is 14.8. The molecular weight excluding hydrogens is 318 g/mol. The summed E-state index contributed by atoms with van der Waals surface area (Å²) in [5.74, 6) is -0.498.